The number of hydrogen-bond donors (Lipinski definition) is 2. The average molecular weight is 371 g/mol. The van der Waals surface area contributed by atoms with E-state index in [-0.39, 0.29) is 0 Å². The van der Waals surface area contributed by atoms with Gasteiger partial charge in [0, 0.05) is 13.1 Å². The molecule has 0 bridgehead atoms. The highest BCUT2D eigenvalue weighted by Gasteiger charge is 2.37. The fourth-order valence-corrected chi connectivity index (χ4v) is 3.66. The molecule has 0 fully saturated rings. The van der Waals surface area contributed by atoms with Gasteiger partial charge >= 0.3 is 0 Å². The molecule has 4 nitrogen and oxygen atoms in total. The van der Waals surface area contributed by atoms with Gasteiger partial charge < -0.3 is 15.4 Å². The first-order valence-electron chi connectivity index (χ1n) is 9.72. The van der Waals surface area contributed by atoms with Crippen molar-refractivity contribution < 1.29 is 4.74 Å². The van der Waals surface area contributed by atoms with Gasteiger partial charge in [0.2, 0.25) is 0 Å². The summed E-state index contributed by atoms with van der Waals surface area (Å²) in [5, 5.41) is 6.56. The van der Waals surface area contributed by atoms with Crippen LogP contribution < -0.4 is 10.6 Å². The largest absolute Gasteiger partial charge is 0.359 e. The Morgan fingerprint density at radius 2 is 1.29 bits per heavy atom. The molecule has 1 aliphatic rings. The molecule has 28 heavy (non-hydrogen) atoms. The lowest BCUT2D eigenvalue weighted by molar-refractivity contribution is 0.0163. The molecule has 4 rings (SSSR count). The normalized spacial score (nSPS) is 13.6. The second kappa shape index (κ2) is 8.72. The molecular weight excluding hydrogens is 346 g/mol. The van der Waals surface area contributed by atoms with Crippen LogP contribution in [0.2, 0.25) is 0 Å². The third kappa shape index (κ3) is 3.78. The van der Waals surface area contributed by atoms with Crippen molar-refractivity contribution in [3.8, 4) is 0 Å². The van der Waals surface area contributed by atoms with Crippen LogP contribution in [0.25, 0.3) is 0 Å². The van der Waals surface area contributed by atoms with Crippen LogP contribution in [0, 0.1) is 0 Å². The van der Waals surface area contributed by atoms with Crippen molar-refractivity contribution in [2.24, 2.45) is 4.99 Å². The SMILES string of the molecule is c1ccc(C(OCCNC2=NCCN2)(c2ccccc2)c2ccccc2)cc1. The quantitative estimate of drug-likeness (QED) is 0.493. The fraction of sp³-hybridized carbons (Fsp3) is 0.208. The minimum absolute atomic E-state index is 0.541. The van der Waals surface area contributed by atoms with E-state index in [4.69, 9.17) is 4.74 Å². The molecule has 0 aliphatic carbocycles. The molecule has 0 saturated heterocycles. The summed E-state index contributed by atoms with van der Waals surface area (Å²) >= 11 is 0. The molecule has 0 spiro atoms. The molecule has 4 heteroatoms. The van der Waals surface area contributed by atoms with Crippen molar-refractivity contribution in [1.82, 2.24) is 10.6 Å². The first-order valence-corrected chi connectivity index (χ1v) is 9.72. The lowest BCUT2D eigenvalue weighted by Crippen LogP contribution is -2.39. The van der Waals surface area contributed by atoms with Crippen molar-refractivity contribution in [2.45, 2.75) is 5.60 Å². The van der Waals surface area contributed by atoms with Crippen LogP contribution in [0.4, 0.5) is 0 Å². The predicted octanol–water partition coefficient (Wildman–Crippen LogP) is 3.54. The van der Waals surface area contributed by atoms with Gasteiger partial charge in [-0.25, -0.2) is 0 Å². The van der Waals surface area contributed by atoms with Crippen LogP contribution in [0.3, 0.4) is 0 Å². The number of ether oxygens (including phenoxy) is 1. The summed E-state index contributed by atoms with van der Waals surface area (Å²) in [7, 11) is 0. The molecule has 0 atom stereocenters. The lowest BCUT2D eigenvalue weighted by atomic mass is 9.80. The summed E-state index contributed by atoms with van der Waals surface area (Å²) in [4.78, 5) is 4.38. The zero-order chi connectivity index (χ0) is 19.1. The second-order valence-electron chi connectivity index (χ2n) is 6.71. The van der Waals surface area contributed by atoms with E-state index < -0.39 is 5.60 Å². The van der Waals surface area contributed by atoms with Crippen LogP contribution in [-0.2, 0) is 10.3 Å². The maximum Gasteiger partial charge on any atom is 0.191 e. The summed E-state index contributed by atoms with van der Waals surface area (Å²) in [6.07, 6.45) is 0. The molecule has 0 radical (unpaired) electrons. The third-order valence-electron chi connectivity index (χ3n) is 4.93. The van der Waals surface area contributed by atoms with Gasteiger partial charge in [-0.1, -0.05) is 91.0 Å². The highest BCUT2D eigenvalue weighted by molar-refractivity contribution is 5.81. The van der Waals surface area contributed by atoms with Crippen LogP contribution in [0.15, 0.2) is 96.0 Å². The highest BCUT2D eigenvalue weighted by atomic mass is 16.5. The zero-order valence-electron chi connectivity index (χ0n) is 15.8. The van der Waals surface area contributed by atoms with Gasteiger partial charge in [-0.05, 0) is 16.7 Å². The Bertz CT molecular complexity index is 798. The number of guanidine groups is 1. The Hall–Kier alpha value is -3.11. The minimum Gasteiger partial charge on any atom is -0.359 e. The third-order valence-corrected chi connectivity index (χ3v) is 4.93. The van der Waals surface area contributed by atoms with Crippen LogP contribution in [0.1, 0.15) is 16.7 Å². The molecule has 2 N–H and O–H groups in total. The molecule has 3 aromatic rings. The number of nitrogens with one attached hydrogen (secondary N) is 2. The van der Waals surface area contributed by atoms with E-state index in [1.54, 1.807) is 0 Å². The summed E-state index contributed by atoms with van der Waals surface area (Å²) in [5.74, 6) is 0.855. The summed E-state index contributed by atoms with van der Waals surface area (Å²) in [6.45, 7) is 2.94. The zero-order valence-corrected chi connectivity index (χ0v) is 15.8. The number of benzene rings is 3. The summed E-state index contributed by atoms with van der Waals surface area (Å²) in [6, 6.07) is 31.3. The molecule has 1 heterocycles. The van der Waals surface area contributed by atoms with Gasteiger partial charge in [0.05, 0.1) is 13.2 Å². The lowest BCUT2D eigenvalue weighted by Gasteiger charge is -2.36. The van der Waals surface area contributed by atoms with E-state index in [1.807, 2.05) is 18.2 Å². The smallest absolute Gasteiger partial charge is 0.191 e. The predicted molar refractivity (Wildman–Crippen MR) is 113 cm³/mol. The Labute approximate surface area is 166 Å². The topological polar surface area (TPSA) is 45.6 Å². The van der Waals surface area contributed by atoms with Crippen molar-refractivity contribution >= 4 is 5.96 Å². The molecule has 1 aliphatic heterocycles. The van der Waals surface area contributed by atoms with Gasteiger partial charge in [-0.3, -0.25) is 4.99 Å². The standard InChI is InChI=1S/C24H25N3O/c1-4-10-20(11-5-1)24(21-12-6-2-7-13-21,22-14-8-3-9-15-22)28-19-18-27-23-25-16-17-26-23/h1-15H,16-19H2,(H2,25,26,27). The first kappa shape index (κ1) is 18.3. The number of nitrogens with zero attached hydrogens (tertiary/aromatic N) is 1. The summed E-state index contributed by atoms with van der Waals surface area (Å²) in [5.41, 5.74) is 2.67. The Morgan fingerprint density at radius 3 is 1.71 bits per heavy atom. The van der Waals surface area contributed by atoms with E-state index in [0.717, 1.165) is 35.7 Å². The van der Waals surface area contributed by atoms with Gasteiger partial charge in [0.15, 0.2) is 5.96 Å². The fourth-order valence-electron chi connectivity index (χ4n) is 3.66. The first-order chi connectivity index (χ1) is 13.9. The average Bonchev–Trinajstić information content (AvgIpc) is 3.30. The maximum absolute atomic E-state index is 6.70. The van der Waals surface area contributed by atoms with Crippen molar-refractivity contribution in [2.75, 3.05) is 26.2 Å². The monoisotopic (exact) mass is 371 g/mol. The number of rotatable bonds is 7. The maximum atomic E-state index is 6.70. The minimum atomic E-state index is -0.670. The van der Waals surface area contributed by atoms with Crippen molar-refractivity contribution in [3.63, 3.8) is 0 Å². The molecule has 3 aromatic carbocycles. The van der Waals surface area contributed by atoms with E-state index in [1.165, 1.54) is 0 Å². The van der Waals surface area contributed by atoms with E-state index >= 15 is 0 Å². The van der Waals surface area contributed by atoms with Gasteiger partial charge in [0.25, 0.3) is 0 Å². The van der Waals surface area contributed by atoms with Gasteiger partial charge in [-0.15, -0.1) is 0 Å². The van der Waals surface area contributed by atoms with E-state index in [0.29, 0.717) is 13.2 Å². The van der Waals surface area contributed by atoms with E-state index in [2.05, 4.69) is 88.4 Å². The second-order valence-corrected chi connectivity index (χ2v) is 6.71. The molecular formula is C24H25N3O. The molecule has 0 unspecified atom stereocenters. The molecule has 0 saturated carbocycles. The molecule has 0 aromatic heterocycles. The van der Waals surface area contributed by atoms with Crippen molar-refractivity contribution in [3.05, 3.63) is 108 Å². The van der Waals surface area contributed by atoms with Crippen molar-refractivity contribution in [1.29, 1.82) is 0 Å². The molecule has 0 amide bonds. The Balaban J connectivity index is 1.70. The van der Waals surface area contributed by atoms with Crippen LogP contribution in [-0.4, -0.2) is 32.2 Å². The molecule has 142 valence electrons. The number of hydrogen-bond acceptors (Lipinski definition) is 4. The van der Waals surface area contributed by atoms with E-state index in [9.17, 15) is 0 Å². The Kier molecular flexibility index (Phi) is 5.69. The van der Waals surface area contributed by atoms with Crippen LogP contribution >= 0.6 is 0 Å². The summed E-state index contributed by atoms with van der Waals surface area (Å²) < 4.78 is 6.70. The number of aliphatic imine (C=N–C) groups is 1. The highest BCUT2D eigenvalue weighted by Crippen LogP contribution is 2.40. The Morgan fingerprint density at radius 1 is 0.786 bits per heavy atom. The van der Waals surface area contributed by atoms with Gasteiger partial charge in [0.1, 0.15) is 5.60 Å². The van der Waals surface area contributed by atoms with Crippen LogP contribution in [0.5, 0.6) is 0 Å². The van der Waals surface area contributed by atoms with Gasteiger partial charge in [-0.2, -0.15) is 0 Å².